The topological polar surface area (TPSA) is 65.0 Å². The molecule has 1 aromatic carbocycles. The fourth-order valence-electron chi connectivity index (χ4n) is 4.49. The Bertz CT molecular complexity index is 644. The SMILES string of the molecule is COCCNC(=O)[C@@H]1CCCN(C2CCN(Cc3ccc(O)c(C)c3)CC2)C1. The van der Waals surface area contributed by atoms with Crippen LogP contribution < -0.4 is 5.32 Å². The summed E-state index contributed by atoms with van der Waals surface area (Å²) in [5.41, 5.74) is 2.20. The van der Waals surface area contributed by atoms with Gasteiger partial charge in [0.25, 0.3) is 0 Å². The first-order valence-corrected chi connectivity index (χ1v) is 10.6. The van der Waals surface area contributed by atoms with Crippen molar-refractivity contribution in [2.45, 2.75) is 45.2 Å². The fraction of sp³-hybridized carbons (Fsp3) is 0.682. The van der Waals surface area contributed by atoms with E-state index in [4.69, 9.17) is 4.74 Å². The van der Waals surface area contributed by atoms with Gasteiger partial charge in [-0.25, -0.2) is 0 Å². The number of benzene rings is 1. The number of methoxy groups -OCH3 is 1. The second-order valence-electron chi connectivity index (χ2n) is 8.25. The number of aryl methyl sites for hydroxylation is 1. The van der Waals surface area contributed by atoms with Gasteiger partial charge in [-0.2, -0.15) is 0 Å². The zero-order valence-electron chi connectivity index (χ0n) is 17.3. The summed E-state index contributed by atoms with van der Waals surface area (Å²) in [5.74, 6) is 0.666. The summed E-state index contributed by atoms with van der Waals surface area (Å²) in [6.45, 7) is 8.24. The number of amides is 1. The van der Waals surface area contributed by atoms with Crippen LogP contribution in [0.4, 0.5) is 0 Å². The lowest BCUT2D eigenvalue weighted by Crippen LogP contribution is -2.50. The highest BCUT2D eigenvalue weighted by Crippen LogP contribution is 2.25. The molecule has 0 spiro atoms. The van der Waals surface area contributed by atoms with E-state index in [9.17, 15) is 9.90 Å². The maximum absolute atomic E-state index is 12.4. The van der Waals surface area contributed by atoms with Gasteiger partial charge in [-0.05, 0) is 69.4 Å². The molecule has 2 N–H and O–H groups in total. The first-order chi connectivity index (χ1) is 13.6. The summed E-state index contributed by atoms with van der Waals surface area (Å²) in [6, 6.07) is 6.49. The lowest BCUT2D eigenvalue weighted by atomic mass is 9.93. The van der Waals surface area contributed by atoms with Crippen molar-refractivity contribution in [2.24, 2.45) is 5.92 Å². The van der Waals surface area contributed by atoms with E-state index < -0.39 is 0 Å². The van der Waals surface area contributed by atoms with Gasteiger partial charge in [0.05, 0.1) is 12.5 Å². The average Bonchev–Trinajstić information content (AvgIpc) is 2.71. The number of hydrogen-bond donors (Lipinski definition) is 2. The molecule has 1 amide bonds. The summed E-state index contributed by atoms with van der Waals surface area (Å²) in [4.78, 5) is 17.4. The van der Waals surface area contributed by atoms with Crippen LogP contribution in [0.2, 0.25) is 0 Å². The van der Waals surface area contributed by atoms with Gasteiger partial charge in [-0.3, -0.25) is 14.6 Å². The van der Waals surface area contributed by atoms with Crippen molar-refractivity contribution in [2.75, 3.05) is 46.4 Å². The Balaban J connectivity index is 1.45. The van der Waals surface area contributed by atoms with Crippen LogP contribution in [0.25, 0.3) is 0 Å². The Hall–Kier alpha value is -1.63. The van der Waals surface area contributed by atoms with E-state index in [0.717, 1.165) is 64.0 Å². The molecule has 1 aromatic rings. The first kappa shape index (κ1) is 21.1. The summed E-state index contributed by atoms with van der Waals surface area (Å²) in [5, 5.41) is 12.7. The molecule has 2 saturated heterocycles. The lowest BCUT2D eigenvalue weighted by molar-refractivity contribution is -0.127. The molecule has 0 aliphatic carbocycles. The number of likely N-dealkylation sites (tertiary alicyclic amines) is 2. The highest BCUT2D eigenvalue weighted by atomic mass is 16.5. The van der Waals surface area contributed by atoms with Gasteiger partial charge in [-0.15, -0.1) is 0 Å². The summed E-state index contributed by atoms with van der Waals surface area (Å²) in [7, 11) is 1.66. The lowest BCUT2D eigenvalue weighted by Gasteiger charge is -2.42. The normalized spacial score (nSPS) is 22.3. The van der Waals surface area contributed by atoms with E-state index >= 15 is 0 Å². The summed E-state index contributed by atoms with van der Waals surface area (Å²) in [6.07, 6.45) is 4.42. The van der Waals surface area contributed by atoms with Crippen molar-refractivity contribution in [3.05, 3.63) is 29.3 Å². The van der Waals surface area contributed by atoms with Crippen molar-refractivity contribution in [1.29, 1.82) is 0 Å². The predicted molar refractivity (Wildman–Crippen MR) is 110 cm³/mol. The van der Waals surface area contributed by atoms with Crippen molar-refractivity contribution in [3.8, 4) is 5.75 Å². The maximum Gasteiger partial charge on any atom is 0.224 e. The van der Waals surface area contributed by atoms with E-state index in [1.54, 1.807) is 13.2 Å². The van der Waals surface area contributed by atoms with Gasteiger partial charge in [-0.1, -0.05) is 12.1 Å². The Kier molecular flexibility index (Phi) is 7.71. The number of nitrogens with zero attached hydrogens (tertiary/aromatic N) is 2. The van der Waals surface area contributed by atoms with Crippen LogP contribution in [-0.2, 0) is 16.1 Å². The molecule has 2 aliphatic heterocycles. The molecule has 6 heteroatoms. The van der Waals surface area contributed by atoms with Gasteiger partial charge in [0.2, 0.25) is 5.91 Å². The van der Waals surface area contributed by atoms with Crippen LogP contribution in [0.5, 0.6) is 5.75 Å². The zero-order chi connectivity index (χ0) is 19.9. The molecule has 2 aliphatic rings. The van der Waals surface area contributed by atoms with Crippen LogP contribution >= 0.6 is 0 Å². The Morgan fingerprint density at radius 2 is 2.04 bits per heavy atom. The third kappa shape index (κ3) is 5.69. The molecule has 2 heterocycles. The minimum Gasteiger partial charge on any atom is -0.508 e. The van der Waals surface area contributed by atoms with Gasteiger partial charge < -0.3 is 15.2 Å². The molecule has 3 rings (SSSR count). The molecule has 156 valence electrons. The maximum atomic E-state index is 12.4. The second kappa shape index (κ2) is 10.2. The molecular formula is C22H35N3O3. The number of carbonyl (C=O) groups is 1. The monoisotopic (exact) mass is 389 g/mol. The van der Waals surface area contributed by atoms with Gasteiger partial charge in [0.15, 0.2) is 0 Å². The van der Waals surface area contributed by atoms with Crippen molar-refractivity contribution in [1.82, 2.24) is 15.1 Å². The number of hydrogen-bond acceptors (Lipinski definition) is 5. The molecule has 0 bridgehead atoms. The van der Waals surface area contributed by atoms with Crippen LogP contribution in [0, 0.1) is 12.8 Å². The third-order valence-electron chi connectivity index (χ3n) is 6.17. The Labute approximate surface area is 168 Å². The smallest absolute Gasteiger partial charge is 0.224 e. The minimum absolute atomic E-state index is 0.114. The number of aromatic hydroxyl groups is 1. The first-order valence-electron chi connectivity index (χ1n) is 10.6. The number of nitrogens with one attached hydrogen (secondary N) is 1. The number of rotatable bonds is 7. The molecule has 0 aromatic heterocycles. The van der Waals surface area contributed by atoms with E-state index in [2.05, 4.69) is 21.2 Å². The molecule has 0 unspecified atom stereocenters. The fourth-order valence-corrected chi connectivity index (χ4v) is 4.49. The van der Waals surface area contributed by atoms with E-state index in [-0.39, 0.29) is 11.8 Å². The number of piperidine rings is 2. The standard InChI is InChI=1S/C22H35N3O3/c1-17-14-18(5-6-21(17)26)15-24-11-7-20(8-12-24)25-10-3-4-19(16-25)22(27)23-9-13-28-2/h5-6,14,19-20,26H,3-4,7-13,15-16H2,1-2H3,(H,23,27)/t19-/m1/s1. The quantitative estimate of drug-likeness (QED) is 0.700. The second-order valence-corrected chi connectivity index (χ2v) is 8.25. The van der Waals surface area contributed by atoms with Crippen LogP contribution in [0.1, 0.15) is 36.8 Å². The average molecular weight is 390 g/mol. The van der Waals surface area contributed by atoms with Crippen molar-refractivity contribution in [3.63, 3.8) is 0 Å². The molecule has 1 atom stereocenters. The Morgan fingerprint density at radius 1 is 1.25 bits per heavy atom. The number of carbonyl (C=O) groups excluding carboxylic acids is 1. The molecule has 0 radical (unpaired) electrons. The summed E-state index contributed by atoms with van der Waals surface area (Å²) >= 11 is 0. The molecule has 28 heavy (non-hydrogen) atoms. The van der Waals surface area contributed by atoms with Gasteiger partial charge in [0.1, 0.15) is 5.75 Å². The highest BCUT2D eigenvalue weighted by molar-refractivity contribution is 5.78. The Morgan fingerprint density at radius 3 is 2.75 bits per heavy atom. The largest absolute Gasteiger partial charge is 0.508 e. The number of ether oxygens (including phenoxy) is 1. The van der Waals surface area contributed by atoms with E-state index in [1.807, 2.05) is 13.0 Å². The molecular weight excluding hydrogens is 354 g/mol. The molecule has 0 saturated carbocycles. The molecule has 2 fully saturated rings. The van der Waals surface area contributed by atoms with Crippen LogP contribution in [-0.4, -0.2) is 73.3 Å². The van der Waals surface area contributed by atoms with Crippen LogP contribution in [0.15, 0.2) is 18.2 Å². The van der Waals surface area contributed by atoms with Gasteiger partial charge >= 0.3 is 0 Å². The number of phenols is 1. The minimum atomic E-state index is 0.114. The number of phenolic OH excluding ortho intramolecular Hbond substituents is 1. The van der Waals surface area contributed by atoms with Crippen molar-refractivity contribution < 1.29 is 14.6 Å². The van der Waals surface area contributed by atoms with E-state index in [1.165, 1.54) is 5.56 Å². The summed E-state index contributed by atoms with van der Waals surface area (Å²) < 4.78 is 5.02. The van der Waals surface area contributed by atoms with Gasteiger partial charge in [0, 0.05) is 32.8 Å². The zero-order valence-corrected chi connectivity index (χ0v) is 17.3. The van der Waals surface area contributed by atoms with Crippen molar-refractivity contribution >= 4 is 5.91 Å². The van der Waals surface area contributed by atoms with Crippen LogP contribution in [0.3, 0.4) is 0 Å². The molecule has 6 nitrogen and oxygen atoms in total. The van der Waals surface area contributed by atoms with E-state index in [0.29, 0.717) is 24.9 Å². The third-order valence-corrected chi connectivity index (χ3v) is 6.17. The predicted octanol–water partition coefficient (Wildman–Crippen LogP) is 2.14. The highest BCUT2D eigenvalue weighted by Gasteiger charge is 2.31.